The van der Waals surface area contributed by atoms with Gasteiger partial charge in [-0.25, -0.2) is 0 Å². The quantitative estimate of drug-likeness (QED) is 0.843. The minimum absolute atomic E-state index is 0.414. The van der Waals surface area contributed by atoms with Crippen molar-refractivity contribution in [3.05, 3.63) is 57.6 Å². The number of benzene rings is 2. The van der Waals surface area contributed by atoms with E-state index in [1.807, 2.05) is 25.1 Å². The van der Waals surface area contributed by atoms with Crippen LogP contribution in [0.1, 0.15) is 11.1 Å². The van der Waals surface area contributed by atoms with Crippen LogP contribution < -0.4 is 10.5 Å². The Morgan fingerprint density at radius 2 is 1.94 bits per heavy atom. The molecule has 2 aromatic carbocycles. The van der Waals surface area contributed by atoms with Gasteiger partial charge in [0.2, 0.25) is 0 Å². The Morgan fingerprint density at radius 3 is 2.72 bits per heavy atom. The predicted molar refractivity (Wildman–Crippen MR) is 76.4 cm³/mol. The monoisotopic (exact) mass is 281 g/mol. The van der Waals surface area contributed by atoms with Gasteiger partial charge in [-0.3, -0.25) is 0 Å². The molecule has 0 amide bonds. The number of ether oxygens (including phenoxy) is 1. The second-order valence-corrected chi connectivity index (χ2v) is 4.84. The third-order valence-electron chi connectivity index (χ3n) is 2.76. The summed E-state index contributed by atoms with van der Waals surface area (Å²) < 4.78 is 5.67. The van der Waals surface area contributed by atoms with Gasteiger partial charge in [-0.15, -0.1) is 0 Å². The molecule has 0 aliphatic heterocycles. The molecular weight excluding hydrogens is 269 g/mol. The maximum atomic E-state index is 6.03. The third kappa shape index (κ3) is 2.89. The number of rotatable bonds is 3. The van der Waals surface area contributed by atoms with Crippen molar-refractivity contribution in [3.8, 4) is 5.75 Å². The first-order valence-corrected chi connectivity index (χ1v) is 6.25. The van der Waals surface area contributed by atoms with Crippen LogP contribution in [-0.4, -0.2) is 0 Å². The van der Waals surface area contributed by atoms with Gasteiger partial charge >= 0.3 is 0 Å². The summed E-state index contributed by atoms with van der Waals surface area (Å²) in [5, 5.41) is 1.14. The summed E-state index contributed by atoms with van der Waals surface area (Å²) >= 11 is 11.9. The molecule has 94 valence electrons. The number of nitrogen functional groups attached to an aromatic ring is 1. The Morgan fingerprint density at radius 1 is 1.17 bits per heavy atom. The topological polar surface area (TPSA) is 35.2 Å². The van der Waals surface area contributed by atoms with Crippen molar-refractivity contribution in [2.75, 3.05) is 5.73 Å². The summed E-state index contributed by atoms with van der Waals surface area (Å²) in [6, 6.07) is 10.9. The fourth-order valence-electron chi connectivity index (χ4n) is 1.60. The van der Waals surface area contributed by atoms with Crippen LogP contribution in [0.25, 0.3) is 0 Å². The van der Waals surface area contributed by atoms with E-state index in [9.17, 15) is 0 Å². The highest BCUT2D eigenvalue weighted by Gasteiger charge is 2.05. The highest BCUT2D eigenvalue weighted by molar-refractivity contribution is 6.34. The van der Waals surface area contributed by atoms with Crippen LogP contribution in [-0.2, 0) is 6.61 Å². The number of hydrogen-bond acceptors (Lipinski definition) is 2. The van der Waals surface area contributed by atoms with Gasteiger partial charge in [0, 0.05) is 16.8 Å². The molecule has 0 bridgehead atoms. The Balaban J connectivity index is 2.16. The Kier molecular flexibility index (Phi) is 4.00. The van der Waals surface area contributed by atoms with Crippen LogP contribution in [0.15, 0.2) is 36.4 Å². The van der Waals surface area contributed by atoms with E-state index in [4.69, 9.17) is 33.7 Å². The molecule has 0 heterocycles. The van der Waals surface area contributed by atoms with Crippen molar-refractivity contribution in [2.24, 2.45) is 0 Å². The van der Waals surface area contributed by atoms with Crippen molar-refractivity contribution < 1.29 is 4.74 Å². The molecule has 0 aliphatic carbocycles. The summed E-state index contributed by atoms with van der Waals surface area (Å²) in [7, 11) is 0. The zero-order chi connectivity index (χ0) is 13.1. The normalized spacial score (nSPS) is 10.4. The van der Waals surface area contributed by atoms with Crippen molar-refractivity contribution in [1.82, 2.24) is 0 Å². The van der Waals surface area contributed by atoms with Crippen molar-refractivity contribution in [1.29, 1.82) is 0 Å². The van der Waals surface area contributed by atoms with Gasteiger partial charge in [-0.05, 0) is 36.2 Å². The van der Waals surface area contributed by atoms with Crippen molar-refractivity contribution in [2.45, 2.75) is 13.5 Å². The molecule has 0 spiro atoms. The summed E-state index contributed by atoms with van der Waals surface area (Å²) in [5.41, 5.74) is 8.66. The van der Waals surface area contributed by atoms with E-state index in [1.165, 1.54) is 0 Å². The lowest BCUT2D eigenvalue weighted by molar-refractivity contribution is 0.306. The molecule has 18 heavy (non-hydrogen) atoms. The smallest absolute Gasteiger partial charge is 0.139 e. The molecule has 2 nitrogen and oxygen atoms in total. The van der Waals surface area contributed by atoms with E-state index in [2.05, 4.69) is 0 Å². The number of nitrogens with two attached hydrogens (primary N) is 1. The molecular formula is C14H13Cl2NO. The zero-order valence-electron chi connectivity index (χ0n) is 9.91. The highest BCUT2D eigenvalue weighted by atomic mass is 35.5. The molecule has 0 fully saturated rings. The summed E-state index contributed by atoms with van der Waals surface area (Å²) in [6.07, 6.45) is 0. The zero-order valence-corrected chi connectivity index (χ0v) is 11.4. The fraction of sp³-hybridized carbons (Fsp3) is 0.143. The lowest BCUT2D eigenvalue weighted by atomic mass is 10.1. The first-order valence-electron chi connectivity index (χ1n) is 5.50. The molecule has 0 saturated carbocycles. The SMILES string of the molecule is Cc1c(N)cccc1COc1cc(Cl)ccc1Cl. The second-order valence-electron chi connectivity index (χ2n) is 3.99. The lowest BCUT2D eigenvalue weighted by Gasteiger charge is -2.11. The molecule has 2 aromatic rings. The average Bonchev–Trinajstić information content (AvgIpc) is 2.35. The van der Waals surface area contributed by atoms with Gasteiger partial charge in [0.05, 0.1) is 5.02 Å². The van der Waals surface area contributed by atoms with Gasteiger partial charge < -0.3 is 10.5 Å². The minimum atomic E-state index is 0.414. The van der Waals surface area contributed by atoms with Gasteiger partial charge in [-0.1, -0.05) is 35.3 Å². The van der Waals surface area contributed by atoms with Crippen LogP contribution in [0.2, 0.25) is 10.0 Å². The summed E-state index contributed by atoms with van der Waals surface area (Å²) in [4.78, 5) is 0. The maximum absolute atomic E-state index is 6.03. The number of halogens is 2. The molecule has 0 atom stereocenters. The van der Waals surface area contributed by atoms with E-state index in [-0.39, 0.29) is 0 Å². The van der Waals surface area contributed by atoms with Crippen LogP contribution in [0.3, 0.4) is 0 Å². The second kappa shape index (κ2) is 5.51. The molecule has 4 heteroatoms. The predicted octanol–water partition coefficient (Wildman–Crippen LogP) is 4.46. The van der Waals surface area contributed by atoms with Gasteiger partial charge in [0.25, 0.3) is 0 Å². The van der Waals surface area contributed by atoms with E-state index in [0.29, 0.717) is 22.4 Å². The lowest BCUT2D eigenvalue weighted by Crippen LogP contribution is -2.00. The molecule has 2 N–H and O–H groups in total. The number of hydrogen-bond donors (Lipinski definition) is 1. The third-order valence-corrected chi connectivity index (χ3v) is 3.31. The molecule has 0 aromatic heterocycles. The van der Waals surface area contributed by atoms with Crippen LogP contribution in [0.4, 0.5) is 5.69 Å². The molecule has 0 radical (unpaired) electrons. The Bertz CT molecular complexity index is 568. The van der Waals surface area contributed by atoms with Crippen LogP contribution >= 0.6 is 23.2 Å². The molecule has 0 unspecified atom stereocenters. The molecule has 0 saturated heterocycles. The number of anilines is 1. The molecule has 0 aliphatic rings. The Labute approximate surface area is 116 Å². The highest BCUT2D eigenvalue weighted by Crippen LogP contribution is 2.29. The summed E-state index contributed by atoms with van der Waals surface area (Å²) in [5.74, 6) is 0.575. The largest absolute Gasteiger partial charge is 0.487 e. The van der Waals surface area contributed by atoms with E-state index in [0.717, 1.165) is 16.8 Å². The van der Waals surface area contributed by atoms with E-state index < -0.39 is 0 Å². The van der Waals surface area contributed by atoms with Crippen molar-refractivity contribution in [3.63, 3.8) is 0 Å². The van der Waals surface area contributed by atoms with Crippen LogP contribution in [0, 0.1) is 6.92 Å². The molecule has 2 rings (SSSR count). The van der Waals surface area contributed by atoms with Crippen molar-refractivity contribution >= 4 is 28.9 Å². The Hall–Kier alpha value is -1.38. The fourth-order valence-corrected chi connectivity index (χ4v) is 1.94. The summed E-state index contributed by atoms with van der Waals surface area (Å²) in [6.45, 7) is 2.38. The van der Waals surface area contributed by atoms with E-state index >= 15 is 0 Å². The first-order chi connectivity index (χ1) is 8.58. The standard InChI is InChI=1S/C14H13Cl2NO/c1-9-10(3-2-4-13(9)17)8-18-14-7-11(15)5-6-12(14)16/h2-7H,8,17H2,1H3. The maximum Gasteiger partial charge on any atom is 0.139 e. The minimum Gasteiger partial charge on any atom is -0.487 e. The van der Waals surface area contributed by atoms with Gasteiger partial charge in [0.15, 0.2) is 0 Å². The van der Waals surface area contributed by atoms with E-state index in [1.54, 1.807) is 18.2 Å². The van der Waals surface area contributed by atoms with Gasteiger partial charge in [0.1, 0.15) is 12.4 Å². The van der Waals surface area contributed by atoms with Gasteiger partial charge in [-0.2, -0.15) is 0 Å². The average molecular weight is 282 g/mol. The first kappa shape index (κ1) is 13.1. The van der Waals surface area contributed by atoms with Crippen LogP contribution in [0.5, 0.6) is 5.75 Å².